The Bertz CT molecular complexity index is 326. The number of carboxylic acids is 1. The smallest absolute Gasteiger partial charge is 0.306 e. The molecule has 0 saturated carbocycles. The number of hydrogen-bond acceptors (Lipinski definition) is 3. The molecule has 2 heterocycles. The molecular formula is C12H20N2O3. The summed E-state index contributed by atoms with van der Waals surface area (Å²) in [7, 11) is 0. The van der Waals surface area contributed by atoms with Crippen LogP contribution in [-0.4, -0.2) is 48.1 Å². The number of nitrogens with zero attached hydrogens (tertiary/aromatic N) is 1. The van der Waals surface area contributed by atoms with E-state index in [9.17, 15) is 9.59 Å². The molecule has 2 saturated heterocycles. The molecule has 3 atom stereocenters. The predicted octanol–water partition coefficient (Wildman–Crippen LogP) is 0.0210. The fraction of sp³-hybridized carbons (Fsp3) is 0.833. The van der Waals surface area contributed by atoms with Gasteiger partial charge in [-0.2, -0.15) is 0 Å². The normalized spacial score (nSPS) is 31.1. The van der Waals surface area contributed by atoms with Crippen molar-refractivity contribution in [1.82, 2.24) is 10.2 Å². The van der Waals surface area contributed by atoms with Crippen molar-refractivity contribution in [2.24, 2.45) is 23.7 Å². The lowest BCUT2D eigenvalue weighted by atomic mass is 9.85. The maximum absolute atomic E-state index is 12.1. The second kappa shape index (κ2) is 4.64. The van der Waals surface area contributed by atoms with Crippen molar-refractivity contribution in [3.8, 4) is 0 Å². The Morgan fingerprint density at radius 3 is 2.47 bits per heavy atom. The van der Waals surface area contributed by atoms with Crippen LogP contribution in [0.4, 0.5) is 0 Å². The summed E-state index contributed by atoms with van der Waals surface area (Å²) in [4.78, 5) is 24.7. The van der Waals surface area contributed by atoms with Crippen LogP contribution in [0.3, 0.4) is 0 Å². The number of carboxylic acid groups (broad SMARTS) is 1. The van der Waals surface area contributed by atoms with E-state index < -0.39 is 5.97 Å². The first-order valence-corrected chi connectivity index (χ1v) is 6.23. The van der Waals surface area contributed by atoms with Gasteiger partial charge in [-0.05, 0) is 12.5 Å². The molecule has 2 aliphatic rings. The quantitative estimate of drug-likeness (QED) is 0.729. The number of hydrogen-bond donors (Lipinski definition) is 2. The van der Waals surface area contributed by atoms with E-state index in [1.165, 1.54) is 0 Å². The summed E-state index contributed by atoms with van der Waals surface area (Å²) in [5.41, 5.74) is 0. The molecule has 0 spiro atoms. The van der Waals surface area contributed by atoms with Gasteiger partial charge in [-0.25, -0.2) is 0 Å². The van der Waals surface area contributed by atoms with Crippen LogP contribution in [0.25, 0.3) is 0 Å². The monoisotopic (exact) mass is 240 g/mol. The molecule has 0 aromatic carbocycles. The molecule has 2 fully saturated rings. The van der Waals surface area contributed by atoms with Crippen LogP contribution in [-0.2, 0) is 9.59 Å². The van der Waals surface area contributed by atoms with Crippen molar-refractivity contribution < 1.29 is 14.7 Å². The SMILES string of the molecule is CC1CNCC1C(=O)N1CC(C(C)C(=O)O)C1. The average molecular weight is 240 g/mol. The van der Waals surface area contributed by atoms with Crippen molar-refractivity contribution >= 4 is 11.9 Å². The number of amides is 1. The number of likely N-dealkylation sites (tertiary alicyclic amines) is 1. The number of rotatable bonds is 3. The molecule has 5 nitrogen and oxygen atoms in total. The summed E-state index contributed by atoms with van der Waals surface area (Å²) in [6.07, 6.45) is 0. The molecule has 0 aliphatic carbocycles. The number of carbonyl (C=O) groups excluding carboxylic acids is 1. The molecule has 1 amide bonds. The summed E-state index contributed by atoms with van der Waals surface area (Å²) >= 11 is 0. The lowest BCUT2D eigenvalue weighted by molar-refractivity contribution is -0.152. The second-order valence-corrected chi connectivity index (χ2v) is 5.37. The van der Waals surface area contributed by atoms with E-state index in [1.807, 2.05) is 0 Å². The summed E-state index contributed by atoms with van der Waals surface area (Å²) in [6, 6.07) is 0. The molecule has 5 heteroatoms. The molecule has 3 unspecified atom stereocenters. The van der Waals surface area contributed by atoms with Crippen LogP contribution in [0.2, 0.25) is 0 Å². The van der Waals surface area contributed by atoms with Crippen LogP contribution in [0.15, 0.2) is 0 Å². The summed E-state index contributed by atoms with van der Waals surface area (Å²) in [5, 5.41) is 12.1. The first kappa shape index (κ1) is 12.4. The summed E-state index contributed by atoms with van der Waals surface area (Å²) in [6.45, 7) is 6.67. The van der Waals surface area contributed by atoms with Crippen LogP contribution in [0, 0.1) is 23.7 Å². The zero-order valence-electron chi connectivity index (χ0n) is 10.3. The third-order valence-corrected chi connectivity index (χ3v) is 4.15. The van der Waals surface area contributed by atoms with Gasteiger partial charge < -0.3 is 15.3 Å². The van der Waals surface area contributed by atoms with Gasteiger partial charge in [0.1, 0.15) is 0 Å². The molecule has 0 radical (unpaired) electrons. The lowest BCUT2D eigenvalue weighted by Gasteiger charge is -2.42. The van der Waals surface area contributed by atoms with E-state index in [2.05, 4.69) is 12.2 Å². The molecule has 0 aromatic rings. The van der Waals surface area contributed by atoms with E-state index in [0.717, 1.165) is 13.1 Å². The maximum Gasteiger partial charge on any atom is 0.306 e. The second-order valence-electron chi connectivity index (χ2n) is 5.37. The van der Waals surface area contributed by atoms with E-state index >= 15 is 0 Å². The van der Waals surface area contributed by atoms with Gasteiger partial charge in [-0.3, -0.25) is 9.59 Å². The molecule has 96 valence electrons. The van der Waals surface area contributed by atoms with Gasteiger partial charge in [0.2, 0.25) is 5.91 Å². The third-order valence-electron chi connectivity index (χ3n) is 4.15. The van der Waals surface area contributed by atoms with Crippen LogP contribution in [0.5, 0.6) is 0 Å². The number of aliphatic carboxylic acids is 1. The van der Waals surface area contributed by atoms with Crippen molar-refractivity contribution in [3.05, 3.63) is 0 Å². The Morgan fingerprint density at radius 1 is 1.35 bits per heavy atom. The van der Waals surface area contributed by atoms with E-state index in [-0.39, 0.29) is 23.7 Å². The van der Waals surface area contributed by atoms with Gasteiger partial charge >= 0.3 is 5.97 Å². The Hall–Kier alpha value is -1.10. The Morgan fingerprint density at radius 2 is 2.00 bits per heavy atom. The van der Waals surface area contributed by atoms with Gasteiger partial charge in [0.25, 0.3) is 0 Å². The average Bonchev–Trinajstić information content (AvgIpc) is 2.61. The minimum atomic E-state index is -0.766. The lowest BCUT2D eigenvalue weighted by Crippen LogP contribution is -2.55. The van der Waals surface area contributed by atoms with E-state index in [4.69, 9.17) is 5.11 Å². The van der Waals surface area contributed by atoms with Crippen molar-refractivity contribution in [2.45, 2.75) is 13.8 Å². The van der Waals surface area contributed by atoms with Crippen molar-refractivity contribution in [2.75, 3.05) is 26.2 Å². The van der Waals surface area contributed by atoms with Crippen LogP contribution < -0.4 is 5.32 Å². The van der Waals surface area contributed by atoms with Gasteiger partial charge in [-0.1, -0.05) is 13.8 Å². The topological polar surface area (TPSA) is 69.6 Å². The largest absolute Gasteiger partial charge is 0.481 e. The fourth-order valence-corrected chi connectivity index (χ4v) is 2.59. The zero-order chi connectivity index (χ0) is 12.6. The molecular weight excluding hydrogens is 220 g/mol. The predicted molar refractivity (Wildman–Crippen MR) is 62.4 cm³/mol. The minimum absolute atomic E-state index is 0.0797. The molecule has 0 bridgehead atoms. The Labute approximate surface area is 101 Å². The van der Waals surface area contributed by atoms with Crippen molar-refractivity contribution in [1.29, 1.82) is 0 Å². The molecule has 0 aromatic heterocycles. The summed E-state index contributed by atoms with van der Waals surface area (Å²) < 4.78 is 0. The summed E-state index contributed by atoms with van der Waals surface area (Å²) in [5.74, 6) is -0.330. The minimum Gasteiger partial charge on any atom is -0.481 e. The molecule has 2 rings (SSSR count). The Kier molecular flexibility index (Phi) is 3.38. The Balaban J connectivity index is 1.83. The first-order chi connectivity index (χ1) is 8.00. The highest BCUT2D eigenvalue weighted by Crippen LogP contribution is 2.28. The number of nitrogens with one attached hydrogen (secondary N) is 1. The zero-order valence-corrected chi connectivity index (χ0v) is 10.3. The highest BCUT2D eigenvalue weighted by Gasteiger charge is 2.41. The van der Waals surface area contributed by atoms with Crippen molar-refractivity contribution in [3.63, 3.8) is 0 Å². The number of carbonyl (C=O) groups is 2. The fourth-order valence-electron chi connectivity index (χ4n) is 2.59. The molecule has 2 aliphatic heterocycles. The standard InChI is InChI=1S/C12H20N2O3/c1-7-3-13-4-10(7)11(15)14-5-9(6-14)8(2)12(16)17/h7-10,13H,3-6H2,1-2H3,(H,16,17). The van der Waals surface area contributed by atoms with Gasteiger partial charge in [-0.15, -0.1) is 0 Å². The molecule has 2 N–H and O–H groups in total. The highest BCUT2D eigenvalue weighted by atomic mass is 16.4. The van der Waals surface area contributed by atoms with Gasteiger partial charge in [0.15, 0.2) is 0 Å². The molecule has 17 heavy (non-hydrogen) atoms. The third kappa shape index (κ3) is 2.29. The van der Waals surface area contributed by atoms with Crippen LogP contribution in [0.1, 0.15) is 13.8 Å². The van der Waals surface area contributed by atoms with Gasteiger partial charge in [0.05, 0.1) is 11.8 Å². The highest BCUT2D eigenvalue weighted by molar-refractivity contribution is 5.81. The van der Waals surface area contributed by atoms with Gasteiger partial charge in [0, 0.05) is 25.6 Å². The van der Waals surface area contributed by atoms with E-state index in [1.54, 1.807) is 11.8 Å². The van der Waals surface area contributed by atoms with E-state index in [0.29, 0.717) is 19.0 Å². The maximum atomic E-state index is 12.1. The first-order valence-electron chi connectivity index (χ1n) is 6.23. The van der Waals surface area contributed by atoms with Crippen LogP contribution >= 0.6 is 0 Å².